The van der Waals surface area contributed by atoms with Gasteiger partial charge in [0.15, 0.2) is 0 Å². The molecule has 2 rings (SSSR count). The summed E-state index contributed by atoms with van der Waals surface area (Å²) in [4.78, 5) is 0.120. The molecule has 0 aromatic heterocycles. The smallest absolute Gasteiger partial charge is 0.285 e. The maximum absolute atomic E-state index is 11.3. The molecular formula is C7H7N3O2S. The molecule has 68 valence electrons. The minimum atomic E-state index is -3.54. The van der Waals surface area contributed by atoms with Crippen molar-refractivity contribution in [2.24, 2.45) is 4.40 Å². The van der Waals surface area contributed by atoms with Gasteiger partial charge in [-0.15, -0.1) is 4.40 Å². The van der Waals surface area contributed by atoms with E-state index in [1.807, 2.05) is 0 Å². The summed E-state index contributed by atoms with van der Waals surface area (Å²) in [5, 5.41) is 2.69. The molecule has 0 saturated carbocycles. The number of nitrogen functional groups attached to an aromatic ring is 1. The second kappa shape index (κ2) is 2.46. The van der Waals surface area contributed by atoms with Gasteiger partial charge in [-0.1, -0.05) is 6.07 Å². The van der Waals surface area contributed by atoms with Crippen molar-refractivity contribution >= 4 is 27.7 Å². The average Bonchev–Trinajstić information content (AvgIpc) is 2.06. The predicted octanol–water partition coefficient (Wildman–Crippen LogP) is 0.411. The fraction of sp³-hybridized carbons (Fsp3) is 0. The normalized spacial score (nSPS) is 17.5. The Morgan fingerprint density at radius 3 is 2.85 bits per heavy atom. The van der Waals surface area contributed by atoms with Crippen LogP contribution in [0.2, 0.25) is 0 Å². The summed E-state index contributed by atoms with van der Waals surface area (Å²) in [6.07, 6.45) is 1.12. The van der Waals surface area contributed by atoms with Crippen LogP contribution in [0.1, 0.15) is 0 Å². The molecule has 1 aromatic carbocycles. The van der Waals surface area contributed by atoms with E-state index in [1.165, 1.54) is 6.07 Å². The minimum Gasteiger partial charge on any atom is -0.397 e. The van der Waals surface area contributed by atoms with Crippen LogP contribution in [0.3, 0.4) is 0 Å². The quantitative estimate of drug-likeness (QED) is 0.590. The van der Waals surface area contributed by atoms with E-state index >= 15 is 0 Å². The highest BCUT2D eigenvalue weighted by Gasteiger charge is 2.21. The molecule has 0 fully saturated rings. The highest BCUT2D eigenvalue weighted by molar-refractivity contribution is 7.90. The summed E-state index contributed by atoms with van der Waals surface area (Å²) < 4.78 is 26.0. The zero-order chi connectivity index (χ0) is 9.47. The van der Waals surface area contributed by atoms with E-state index in [-0.39, 0.29) is 4.90 Å². The van der Waals surface area contributed by atoms with E-state index in [0.29, 0.717) is 11.4 Å². The van der Waals surface area contributed by atoms with E-state index < -0.39 is 10.0 Å². The molecule has 1 aliphatic rings. The summed E-state index contributed by atoms with van der Waals surface area (Å²) >= 11 is 0. The zero-order valence-corrected chi connectivity index (χ0v) is 7.38. The number of fused-ring (bicyclic) bond motifs is 1. The van der Waals surface area contributed by atoms with Crippen LogP contribution in [0.25, 0.3) is 0 Å². The highest BCUT2D eigenvalue weighted by atomic mass is 32.2. The van der Waals surface area contributed by atoms with E-state index in [9.17, 15) is 8.42 Å². The van der Waals surface area contributed by atoms with Gasteiger partial charge in [0.25, 0.3) is 10.0 Å². The molecule has 0 saturated heterocycles. The van der Waals surface area contributed by atoms with Crippen LogP contribution in [0.15, 0.2) is 27.5 Å². The van der Waals surface area contributed by atoms with Crippen molar-refractivity contribution in [3.8, 4) is 0 Å². The number of hydrogen-bond donors (Lipinski definition) is 2. The van der Waals surface area contributed by atoms with Gasteiger partial charge in [0.1, 0.15) is 11.2 Å². The molecule has 0 atom stereocenters. The highest BCUT2D eigenvalue weighted by Crippen LogP contribution is 2.30. The van der Waals surface area contributed by atoms with Crippen molar-refractivity contribution < 1.29 is 8.42 Å². The molecule has 0 amide bonds. The maximum atomic E-state index is 11.3. The number of sulfonamides is 1. The molecular weight excluding hydrogens is 190 g/mol. The largest absolute Gasteiger partial charge is 0.397 e. The van der Waals surface area contributed by atoms with E-state index in [2.05, 4.69) is 9.71 Å². The lowest BCUT2D eigenvalue weighted by molar-refractivity contribution is 0.598. The Balaban J connectivity index is 2.79. The van der Waals surface area contributed by atoms with Crippen LogP contribution in [-0.4, -0.2) is 14.8 Å². The fourth-order valence-corrected chi connectivity index (χ4v) is 2.12. The number of para-hydroxylation sites is 1. The standard InChI is InChI=1S/C7H7N3O2S/c8-5-2-1-3-6-7(5)9-4-10-13(6,11)12/h1-4H,8H2,(H,9,10). The van der Waals surface area contributed by atoms with Crippen LogP contribution >= 0.6 is 0 Å². The first-order chi connectivity index (χ1) is 6.11. The van der Waals surface area contributed by atoms with Crippen LogP contribution in [-0.2, 0) is 10.0 Å². The second-order valence-electron chi connectivity index (χ2n) is 2.57. The summed E-state index contributed by atoms with van der Waals surface area (Å²) in [7, 11) is -3.54. The van der Waals surface area contributed by atoms with Crippen molar-refractivity contribution in [3.63, 3.8) is 0 Å². The molecule has 0 unspecified atom stereocenters. The number of anilines is 2. The van der Waals surface area contributed by atoms with Crippen LogP contribution in [0, 0.1) is 0 Å². The van der Waals surface area contributed by atoms with Crippen LogP contribution in [0.5, 0.6) is 0 Å². The number of nitrogens with one attached hydrogen (secondary N) is 1. The van der Waals surface area contributed by atoms with E-state index in [0.717, 1.165) is 6.34 Å². The molecule has 0 aliphatic carbocycles. The first kappa shape index (κ1) is 8.06. The molecule has 5 nitrogen and oxygen atoms in total. The molecule has 0 spiro atoms. The lowest BCUT2D eigenvalue weighted by Gasteiger charge is -2.13. The molecule has 13 heavy (non-hydrogen) atoms. The average molecular weight is 197 g/mol. The third-order valence-corrected chi connectivity index (χ3v) is 3.02. The third-order valence-electron chi connectivity index (χ3n) is 1.74. The number of hydrogen-bond acceptors (Lipinski definition) is 4. The molecule has 0 bridgehead atoms. The summed E-state index contributed by atoms with van der Waals surface area (Å²) in [6.45, 7) is 0. The monoisotopic (exact) mass is 197 g/mol. The van der Waals surface area contributed by atoms with E-state index in [4.69, 9.17) is 5.73 Å². The summed E-state index contributed by atoms with van der Waals surface area (Å²) in [5.41, 5.74) is 6.37. The topological polar surface area (TPSA) is 84.5 Å². The molecule has 1 aliphatic heterocycles. The van der Waals surface area contributed by atoms with Gasteiger partial charge < -0.3 is 11.1 Å². The number of nitrogens with zero attached hydrogens (tertiary/aromatic N) is 1. The van der Waals surface area contributed by atoms with Crippen LogP contribution < -0.4 is 11.1 Å². The SMILES string of the molecule is Nc1cccc2c1NC=NS2(=O)=O. The van der Waals surface area contributed by atoms with E-state index in [1.54, 1.807) is 12.1 Å². The Bertz CT molecular complexity index is 479. The van der Waals surface area contributed by atoms with Crippen molar-refractivity contribution in [2.45, 2.75) is 4.90 Å². The maximum Gasteiger partial charge on any atom is 0.285 e. The first-order valence-electron chi connectivity index (χ1n) is 3.55. The number of benzene rings is 1. The van der Waals surface area contributed by atoms with Gasteiger partial charge in [-0.2, -0.15) is 8.42 Å². The Morgan fingerprint density at radius 1 is 1.38 bits per heavy atom. The second-order valence-corrected chi connectivity index (χ2v) is 4.18. The summed E-state index contributed by atoms with van der Waals surface area (Å²) in [5.74, 6) is 0. The van der Waals surface area contributed by atoms with Gasteiger partial charge >= 0.3 is 0 Å². The lowest BCUT2D eigenvalue weighted by atomic mass is 10.3. The minimum absolute atomic E-state index is 0.120. The molecule has 6 heteroatoms. The molecule has 1 heterocycles. The lowest BCUT2D eigenvalue weighted by Crippen LogP contribution is -2.12. The van der Waals surface area contributed by atoms with Crippen molar-refractivity contribution in [1.82, 2.24) is 0 Å². The predicted molar refractivity (Wildman–Crippen MR) is 50.2 cm³/mol. The van der Waals surface area contributed by atoms with Crippen molar-refractivity contribution in [2.75, 3.05) is 11.1 Å². The van der Waals surface area contributed by atoms with Gasteiger partial charge in [0.2, 0.25) is 0 Å². The van der Waals surface area contributed by atoms with Gasteiger partial charge in [-0.3, -0.25) is 0 Å². The molecule has 1 aromatic rings. The Morgan fingerprint density at radius 2 is 2.15 bits per heavy atom. The zero-order valence-electron chi connectivity index (χ0n) is 6.56. The Labute approximate surface area is 75.3 Å². The third kappa shape index (κ3) is 1.15. The van der Waals surface area contributed by atoms with Crippen LogP contribution in [0.4, 0.5) is 11.4 Å². The van der Waals surface area contributed by atoms with Gasteiger partial charge in [0, 0.05) is 0 Å². The first-order valence-corrected chi connectivity index (χ1v) is 4.99. The number of rotatable bonds is 0. The molecule has 0 radical (unpaired) electrons. The van der Waals surface area contributed by atoms with Gasteiger partial charge in [0.05, 0.1) is 11.4 Å². The summed E-state index contributed by atoms with van der Waals surface area (Å²) in [6, 6.07) is 4.67. The van der Waals surface area contributed by atoms with Crippen molar-refractivity contribution in [3.05, 3.63) is 18.2 Å². The Hall–Kier alpha value is -1.56. The van der Waals surface area contributed by atoms with Gasteiger partial charge in [-0.25, -0.2) is 0 Å². The molecule has 3 N–H and O–H groups in total. The number of nitrogens with two attached hydrogens (primary N) is 1. The fourth-order valence-electron chi connectivity index (χ4n) is 1.13. The Kier molecular flexibility index (Phi) is 1.53. The van der Waals surface area contributed by atoms with Gasteiger partial charge in [-0.05, 0) is 12.1 Å². The van der Waals surface area contributed by atoms with Crippen molar-refractivity contribution in [1.29, 1.82) is 0 Å².